The Morgan fingerprint density at radius 2 is 2.35 bits per heavy atom. The summed E-state index contributed by atoms with van der Waals surface area (Å²) in [6.45, 7) is 1.86. The van der Waals surface area contributed by atoms with E-state index in [1.54, 1.807) is 6.20 Å². The molecule has 1 aliphatic carbocycles. The largest absolute Gasteiger partial charge is 0.352 e. The fourth-order valence-corrected chi connectivity index (χ4v) is 2.41. The van der Waals surface area contributed by atoms with Crippen LogP contribution in [0.1, 0.15) is 19.8 Å². The van der Waals surface area contributed by atoms with Crippen LogP contribution in [-0.4, -0.2) is 37.4 Å². The number of pyridine rings is 1. The van der Waals surface area contributed by atoms with Gasteiger partial charge in [-0.25, -0.2) is 0 Å². The second kappa shape index (κ2) is 5.62. The summed E-state index contributed by atoms with van der Waals surface area (Å²) in [5, 5.41) is 10.3. The summed E-state index contributed by atoms with van der Waals surface area (Å²) in [6, 6.07) is 5.98. The molecule has 0 spiro atoms. The normalized spacial score (nSPS) is 15.8. The van der Waals surface area contributed by atoms with Crippen molar-refractivity contribution < 1.29 is 4.79 Å². The molecule has 1 fully saturated rings. The van der Waals surface area contributed by atoms with Gasteiger partial charge in [-0.2, -0.15) is 4.98 Å². The Morgan fingerprint density at radius 3 is 3.05 bits per heavy atom. The summed E-state index contributed by atoms with van der Waals surface area (Å²) in [5.74, 6) is 0.657. The highest BCUT2D eigenvalue weighted by atomic mass is 32.2. The third-order valence-electron chi connectivity index (χ3n) is 2.95. The van der Waals surface area contributed by atoms with Gasteiger partial charge in [-0.15, -0.1) is 5.10 Å². The number of hydrogen-bond acceptors (Lipinski definition) is 5. The van der Waals surface area contributed by atoms with Crippen molar-refractivity contribution in [2.45, 2.75) is 36.2 Å². The first kappa shape index (κ1) is 13.1. The summed E-state index contributed by atoms with van der Waals surface area (Å²) >= 11 is 1.34. The van der Waals surface area contributed by atoms with Crippen molar-refractivity contribution in [3.8, 4) is 11.5 Å². The molecule has 2 N–H and O–H groups in total. The average molecular weight is 289 g/mol. The molecule has 1 saturated carbocycles. The summed E-state index contributed by atoms with van der Waals surface area (Å²) in [7, 11) is 0. The standard InChI is InChI=1S/C13H15N5OS/c1-8(12(19)15-9-5-6-9)20-13-16-11(17-18-13)10-4-2-3-7-14-10/h2-4,7-9H,5-6H2,1H3,(H,15,19)(H,16,17,18)/t8-/m0/s1. The van der Waals surface area contributed by atoms with E-state index in [1.807, 2.05) is 25.1 Å². The number of carbonyl (C=O) groups is 1. The number of nitrogens with one attached hydrogen (secondary N) is 2. The quantitative estimate of drug-likeness (QED) is 0.817. The van der Waals surface area contributed by atoms with Gasteiger partial charge in [0.15, 0.2) is 5.82 Å². The fraction of sp³-hybridized carbons (Fsp3) is 0.385. The molecule has 1 aliphatic rings. The first-order chi connectivity index (χ1) is 9.72. The SMILES string of the molecule is C[C@H](Sc1n[nH]c(-c2ccccn2)n1)C(=O)NC1CC1. The Morgan fingerprint density at radius 1 is 1.50 bits per heavy atom. The van der Waals surface area contributed by atoms with Crippen molar-refractivity contribution in [3.05, 3.63) is 24.4 Å². The van der Waals surface area contributed by atoms with E-state index >= 15 is 0 Å². The summed E-state index contributed by atoms with van der Waals surface area (Å²) in [6.07, 6.45) is 3.89. The van der Waals surface area contributed by atoms with Crippen molar-refractivity contribution in [1.82, 2.24) is 25.5 Å². The molecule has 20 heavy (non-hydrogen) atoms. The van der Waals surface area contributed by atoms with Crippen molar-refractivity contribution in [2.75, 3.05) is 0 Å². The highest BCUT2D eigenvalue weighted by molar-refractivity contribution is 8.00. The lowest BCUT2D eigenvalue weighted by Crippen LogP contribution is -2.32. The number of amides is 1. The molecule has 6 nitrogen and oxygen atoms in total. The van der Waals surface area contributed by atoms with Crippen molar-refractivity contribution >= 4 is 17.7 Å². The monoisotopic (exact) mass is 289 g/mol. The summed E-state index contributed by atoms with van der Waals surface area (Å²) in [5.41, 5.74) is 0.738. The van der Waals surface area contributed by atoms with Crippen LogP contribution in [0.25, 0.3) is 11.5 Å². The molecule has 0 aromatic carbocycles. The van der Waals surface area contributed by atoms with Crippen molar-refractivity contribution in [2.24, 2.45) is 0 Å². The molecule has 2 aromatic rings. The van der Waals surface area contributed by atoms with Gasteiger partial charge in [-0.05, 0) is 31.9 Å². The third kappa shape index (κ3) is 3.16. The van der Waals surface area contributed by atoms with Crippen LogP contribution >= 0.6 is 11.8 Å². The van der Waals surface area contributed by atoms with E-state index < -0.39 is 0 Å². The van der Waals surface area contributed by atoms with Gasteiger partial charge in [-0.1, -0.05) is 17.8 Å². The minimum absolute atomic E-state index is 0.0432. The predicted molar refractivity (Wildman–Crippen MR) is 76.1 cm³/mol. The van der Waals surface area contributed by atoms with E-state index in [0.717, 1.165) is 18.5 Å². The number of nitrogens with zero attached hydrogens (tertiary/aromatic N) is 3. The van der Waals surface area contributed by atoms with Crippen LogP contribution in [0.4, 0.5) is 0 Å². The van der Waals surface area contributed by atoms with E-state index in [0.29, 0.717) is 17.0 Å². The molecule has 1 amide bonds. The Labute approximate surface area is 120 Å². The molecular weight excluding hydrogens is 274 g/mol. The number of thioether (sulfide) groups is 1. The summed E-state index contributed by atoms with van der Waals surface area (Å²) < 4.78 is 0. The zero-order valence-corrected chi connectivity index (χ0v) is 11.9. The van der Waals surface area contributed by atoms with Gasteiger partial charge in [0.05, 0.1) is 5.25 Å². The number of H-pyrrole nitrogens is 1. The Kier molecular flexibility index (Phi) is 3.68. The highest BCUT2D eigenvalue weighted by Gasteiger charge is 2.26. The molecule has 0 saturated heterocycles. The molecular formula is C13H15N5OS. The number of rotatable bonds is 5. The van der Waals surface area contributed by atoms with E-state index in [-0.39, 0.29) is 11.2 Å². The molecule has 7 heteroatoms. The number of hydrogen-bond donors (Lipinski definition) is 2. The zero-order chi connectivity index (χ0) is 13.9. The van der Waals surface area contributed by atoms with Gasteiger partial charge in [0.2, 0.25) is 11.1 Å². The van der Waals surface area contributed by atoms with Crippen LogP contribution < -0.4 is 5.32 Å². The number of aromatic nitrogens is 4. The van der Waals surface area contributed by atoms with Gasteiger partial charge in [0, 0.05) is 12.2 Å². The van der Waals surface area contributed by atoms with Crippen LogP contribution in [0.15, 0.2) is 29.6 Å². The molecule has 0 bridgehead atoms. The smallest absolute Gasteiger partial charge is 0.233 e. The first-order valence-corrected chi connectivity index (χ1v) is 7.41. The second-order valence-corrected chi connectivity index (χ2v) is 6.03. The highest BCUT2D eigenvalue weighted by Crippen LogP contribution is 2.24. The lowest BCUT2D eigenvalue weighted by atomic mass is 10.3. The van der Waals surface area contributed by atoms with Crippen LogP contribution in [-0.2, 0) is 4.79 Å². The Bertz CT molecular complexity index is 596. The first-order valence-electron chi connectivity index (χ1n) is 6.53. The minimum Gasteiger partial charge on any atom is -0.352 e. The van der Waals surface area contributed by atoms with Crippen LogP contribution in [0.2, 0.25) is 0 Å². The molecule has 104 valence electrons. The van der Waals surface area contributed by atoms with Crippen LogP contribution in [0.3, 0.4) is 0 Å². The van der Waals surface area contributed by atoms with Gasteiger partial charge >= 0.3 is 0 Å². The van der Waals surface area contributed by atoms with Gasteiger partial charge in [-0.3, -0.25) is 14.9 Å². The maximum Gasteiger partial charge on any atom is 0.233 e. The third-order valence-corrected chi connectivity index (χ3v) is 3.91. The second-order valence-electron chi connectivity index (χ2n) is 4.72. The molecule has 3 rings (SSSR count). The summed E-state index contributed by atoms with van der Waals surface area (Å²) in [4.78, 5) is 20.4. The van der Waals surface area contributed by atoms with Crippen molar-refractivity contribution in [3.63, 3.8) is 0 Å². The van der Waals surface area contributed by atoms with Crippen molar-refractivity contribution in [1.29, 1.82) is 0 Å². The van der Waals surface area contributed by atoms with E-state index in [1.165, 1.54) is 11.8 Å². The number of aromatic amines is 1. The number of carbonyl (C=O) groups excluding carboxylic acids is 1. The maximum absolute atomic E-state index is 11.9. The van der Waals surface area contributed by atoms with Gasteiger partial charge < -0.3 is 5.32 Å². The van der Waals surface area contributed by atoms with E-state index in [2.05, 4.69) is 25.5 Å². The predicted octanol–water partition coefficient (Wildman–Crippen LogP) is 1.63. The lowest BCUT2D eigenvalue weighted by Gasteiger charge is -2.08. The van der Waals surface area contributed by atoms with Crippen LogP contribution in [0.5, 0.6) is 0 Å². The fourth-order valence-electron chi connectivity index (χ4n) is 1.67. The van der Waals surface area contributed by atoms with Gasteiger partial charge in [0.1, 0.15) is 5.69 Å². The lowest BCUT2D eigenvalue weighted by molar-refractivity contribution is -0.120. The molecule has 0 unspecified atom stereocenters. The molecule has 0 radical (unpaired) electrons. The average Bonchev–Trinajstić information content (AvgIpc) is 3.16. The van der Waals surface area contributed by atoms with E-state index in [9.17, 15) is 4.79 Å². The topological polar surface area (TPSA) is 83.6 Å². The van der Waals surface area contributed by atoms with E-state index in [4.69, 9.17) is 0 Å². The van der Waals surface area contributed by atoms with Crippen LogP contribution in [0, 0.1) is 0 Å². The van der Waals surface area contributed by atoms with Gasteiger partial charge in [0.25, 0.3) is 0 Å². The minimum atomic E-state index is -0.206. The Balaban J connectivity index is 1.63. The maximum atomic E-state index is 11.9. The molecule has 2 aromatic heterocycles. The molecule has 0 aliphatic heterocycles. The molecule has 1 atom stereocenters. The molecule has 2 heterocycles. The Hall–Kier alpha value is -1.89. The zero-order valence-electron chi connectivity index (χ0n) is 11.0.